The highest BCUT2D eigenvalue weighted by Gasteiger charge is 2.24. The summed E-state index contributed by atoms with van der Waals surface area (Å²) in [5, 5.41) is 3.60. The Bertz CT molecular complexity index is 422. The third kappa shape index (κ3) is 4.23. The average Bonchev–Trinajstić information content (AvgIpc) is 2.52. The van der Waals surface area contributed by atoms with E-state index in [2.05, 4.69) is 49.2 Å². The number of nitrogens with zero attached hydrogens (tertiary/aromatic N) is 1. The fourth-order valence-electron chi connectivity index (χ4n) is 3.58. The molecule has 0 fully saturated rings. The van der Waals surface area contributed by atoms with Gasteiger partial charge in [-0.15, -0.1) is 0 Å². The Labute approximate surface area is 130 Å². The van der Waals surface area contributed by atoms with E-state index in [4.69, 9.17) is 0 Å². The van der Waals surface area contributed by atoms with Gasteiger partial charge in [0.15, 0.2) is 0 Å². The molecule has 0 bridgehead atoms. The third-order valence-electron chi connectivity index (χ3n) is 4.56. The molecule has 2 heteroatoms. The lowest BCUT2D eigenvalue weighted by Crippen LogP contribution is -2.40. The monoisotopic (exact) mass is 288 g/mol. The average molecular weight is 288 g/mol. The second-order valence-electron chi connectivity index (χ2n) is 6.30. The zero-order valence-corrected chi connectivity index (χ0v) is 14.1. The van der Waals surface area contributed by atoms with Crippen molar-refractivity contribution in [2.24, 2.45) is 0 Å². The van der Waals surface area contributed by atoms with Gasteiger partial charge < -0.3 is 10.2 Å². The van der Waals surface area contributed by atoms with E-state index in [1.165, 1.54) is 57.3 Å². The molecule has 1 unspecified atom stereocenters. The number of hydrogen-bond donors (Lipinski definition) is 1. The van der Waals surface area contributed by atoms with Crippen molar-refractivity contribution in [2.75, 3.05) is 25.0 Å². The first-order chi connectivity index (χ1) is 10.3. The van der Waals surface area contributed by atoms with Gasteiger partial charge >= 0.3 is 0 Å². The van der Waals surface area contributed by atoms with Gasteiger partial charge in [0.05, 0.1) is 0 Å². The molecule has 1 aromatic carbocycles. The van der Waals surface area contributed by atoms with Gasteiger partial charge in [0.1, 0.15) is 0 Å². The molecule has 2 nitrogen and oxygen atoms in total. The molecule has 1 aliphatic carbocycles. The summed E-state index contributed by atoms with van der Waals surface area (Å²) >= 11 is 0. The smallest absolute Gasteiger partial charge is 0.0375 e. The van der Waals surface area contributed by atoms with Crippen LogP contribution in [0.15, 0.2) is 18.2 Å². The number of anilines is 1. The fraction of sp³-hybridized carbons (Fsp3) is 0.684. The summed E-state index contributed by atoms with van der Waals surface area (Å²) in [5.41, 5.74) is 4.53. The Morgan fingerprint density at radius 3 is 2.52 bits per heavy atom. The molecule has 0 amide bonds. The van der Waals surface area contributed by atoms with E-state index >= 15 is 0 Å². The maximum Gasteiger partial charge on any atom is 0.0375 e. The molecule has 0 radical (unpaired) electrons. The second-order valence-corrected chi connectivity index (χ2v) is 6.30. The van der Waals surface area contributed by atoms with Gasteiger partial charge in [-0.05, 0) is 68.8 Å². The summed E-state index contributed by atoms with van der Waals surface area (Å²) in [6, 6.07) is 7.57. The van der Waals surface area contributed by atoms with Crippen LogP contribution in [0.2, 0.25) is 0 Å². The van der Waals surface area contributed by atoms with E-state index in [0.717, 1.165) is 12.6 Å². The van der Waals surface area contributed by atoms with Crippen molar-refractivity contribution < 1.29 is 0 Å². The van der Waals surface area contributed by atoms with E-state index in [-0.39, 0.29) is 0 Å². The molecule has 0 aliphatic heterocycles. The largest absolute Gasteiger partial charge is 0.385 e. The van der Waals surface area contributed by atoms with Gasteiger partial charge in [-0.1, -0.05) is 32.9 Å². The highest BCUT2D eigenvalue weighted by atomic mass is 15.1. The SMILES string of the molecule is CCCNc1cccc2c1CCC(N(CCC)CCC)C2. The first kappa shape index (κ1) is 16.4. The molecule has 0 heterocycles. The van der Waals surface area contributed by atoms with Crippen molar-refractivity contribution in [3.63, 3.8) is 0 Å². The summed E-state index contributed by atoms with van der Waals surface area (Å²) < 4.78 is 0. The highest BCUT2D eigenvalue weighted by Crippen LogP contribution is 2.30. The van der Waals surface area contributed by atoms with Gasteiger partial charge in [0.2, 0.25) is 0 Å². The summed E-state index contributed by atoms with van der Waals surface area (Å²) in [7, 11) is 0. The maximum atomic E-state index is 3.60. The minimum Gasteiger partial charge on any atom is -0.385 e. The van der Waals surface area contributed by atoms with Crippen LogP contribution in [0, 0.1) is 0 Å². The lowest BCUT2D eigenvalue weighted by atomic mass is 9.86. The summed E-state index contributed by atoms with van der Waals surface area (Å²) in [5.74, 6) is 0. The van der Waals surface area contributed by atoms with Gasteiger partial charge in [0.25, 0.3) is 0 Å². The van der Waals surface area contributed by atoms with E-state index in [1.54, 1.807) is 11.1 Å². The lowest BCUT2D eigenvalue weighted by molar-refractivity contribution is 0.180. The van der Waals surface area contributed by atoms with Gasteiger partial charge in [-0.3, -0.25) is 0 Å². The first-order valence-electron chi connectivity index (χ1n) is 8.88. The Kier molecular flexibility index (Phi) is 6.56. The Hall–Kier alpha value is -1.02. The van der Waals surface area contributed by atoms with Crippen LogP contribution < -0.4 is 5.32 Å². The van der Waals surface area contributed by atoms with Gasteiger partial charge in [-0.25, -0.2) is 0 Å². The number of benzene rings is 1. The molecule has 0 spiro atoms. The van der Waals surface area contributed by atoms with Crippen molar-refractivity contribution in [1.29, 1.82) is 0 Å². The molecule has 0 saturated heterocycles. The molecular weight excluding hydrogens is 256 g/mol. The zero-order valence-electron chi connectivity index (χ0n) is 14.1. The summed E-state index contributed by atoms with van der Waals surface area (Å²) in [6.07, 6.45) is 7.50. The fourth-order valence-corrected chi connectivity index (χ4v) is 3.58. The molecule has 0 saturated carbocycles. The Morgan fingerprint density at radius 1 is 1.10 bits per heavy atom. The third-order valence-corrected chi connectivity index (χ3v) is 4.56. The van der Waals surface area contributed by atoms with Crippen LogP contribution in [-0.4, -0.2) is 30.6 Å². The molecule has 21 heavy (non-hydrogen) atoms. The maximum absolute atomic E-state index is 3.60. The van der Waals surface area contributed by atoms with Crippen LogP contribution in [0.5, 0.6) is 0 Å². The molecule has 1 N–H and O–H groups in total. The van der Waals surface area contributed by atoms with Gasteiger partial charge in [-0.2, -0.15) is 0 Å². The van der Waals surface area contributed by atoms with Crippen molar-refractivity contribution >= 4 is 5.69 Å². The van der Waals surface area contributed by atoms with Crippen LogP contribution >= 0.6 is 0 Å². The topological polar surface area (TPSA) is 15.3 Å². The zero-order chi connectivity index (χ0) is 15.1. The van der Waals surface area contributed by atoms with Crippen molar-refractivity contribution in [1.82, 2.24) is 4.90 Å². The van der Waals surface area contributed by atoms with Crippen molar-refractivity contribution in [3.05, 3.63) is 29.3 Å². The van der Waals surface area contributed by atoms with Crippen LogP contribution in [0.25, 0.3) is 0 Å². The van der Waals surface area contributed by atoms with E-state index in [9.17, 15) is 0 Å². The van der Waals surface area contributed by atoms with Crippen LogP contribution in [-0.2, 0) is 12.8 Å². The van der Waals surface area contributed by atoms with Crippen molar-refractivity contribution in [2.45, 2.75) is 65.3 Å². The number of fused-ring (bicyclic) bond motifs is 1. The Balaban J connectivity index is 2.09. The molecule has 1 atom stereocenters. The standard InChI is InChI=1S/C19H32N2/c1-4-12-20-19-9-7-8-16-15-17(10-11-18(16)19)21(13-5-2)14-6-3/h7-9,17,20H,4-6,10-15H2,1-3H3. The lowest BCUT2D eigenvalue weighted by Gasteiger charge is -2.35. The number of rotatable bonds is 8. The first-order valence-corrected chi connectivity index (χ1v) is 8.88. The Morgan fingerprint density at radius 2 is 1.86 bits per heavy atom. The van der Waals surface area contributed by atoms with E-state index < -0.39 is 0 Å². The number of nitrogens with one attached hydrogen (secondary N) is 1. The predicted molar refractivity (Wildman–Crippen MR) is 93.2 cm³/mol. The minimum absolute atomic E-state index is 0.749. The quantitative estimate of drug-likeness (QED) is 0.758. The summed E-state index contributed by atoms with van der Waals surface area (Å²) in [4.78, 5) is 2.72. The number of hydrogen-bond acceptors (Lipinski definition) is 2. The predicted octanol–water partition coefficient (Wildman–Crippen LogP) is 4.49. The van der Waals surface area contributed by atoms with Crippen LogP contribution in [0.3, 0.4) is 0 Å². The summed E-state index contributed by atoms with van der Waals surface area (Å²) in [6.45, 7) is 10.4. The van der Waals surface area contributed by atoms with Crippen molar-refractivity contribution in [3.8, 4) is 0 Å². The molecule has 1 aromatic rings. The molecule has 2 rings (SSSR count). The molecule has 0 aromatic heterocycles. The van der Waals surface area contributed by atoms with Crippen LogP contribution in [0.1, 0.15) is 57.6 Å². The normalized spacial score (nSPS) is 17.8. The van der Waals surface area contributed by atoms with E-state index in [1.807, 2.05) is 0 Å². The molecule has 1 aliphatic rings. The highest BCUT2D eigenvalue weighted by molar-refractivity contribution is 5.56. The van der Waals surface area contributed by atoms with Gasteiger partial charge in [0, 0.05) is 18.3 Å². The van der Waals surface area contributed by atoms with Crippen LogP contribution in [0.4, 0.5) is 5.69 Å². The molecular formula is C19H32N2. The van der Waals surface area contributed by atoms with E-state index in [0.29, 0.717) is 0 Å². The minimum atomic E-state index is 0.749. The second kappa shape index (κ2) is 8.43. The molecule has 118 valence electrons.